The smallest absolute Gasteiger partial charge is 0.142 e. The van der Waals surface area contributed by atoms with Crippen LogP contribution in [0.4, 0.5) is 5.69 Å². The van der Waals surface area contributed by atoms with Gasteiger partial charge in [-0.2, -0.15) is 0 Å². The van der Waals surface area contributed by atoms with E-state index in [-0.39, 0.29) is 0 Å². The third kappa shape index (κ3) is 5.57. The van der Waals surface area contributed by atoms with Crippen molar-refractivity contribution in [1.29, 1.82) is 0 Å². The molecule has 24 heavy (non-hydrogen) atoms. The maximum atomic E-state index is 6.05. The van der Waals surface area contributed by atoms with E-state index in [9.17, 15) is 0 Å². The number of nitrogens with two attached hydrogens (primary N) is 1. The Bertz CT molecular complexity index is 610. The molecule has 0 amide bonds. The summed E-state index contributed by atoms with van der Waals surface area (Å²) in [5, 5.41) is 0. The van der Waals surface area contributed by atoms with Crippen molar-refractivity contribution >= 4 is 5.69 Å². The van der Waals surface area contributed by atoms with Gasteiger partial charge in [0.1, 0.15) is 5.75 Å². The van der Waals surface area contributed by atoms with Crippen molar-refractivity contribution < 1.29 is 4.74 Å². The van der Waals surface area contributed by atoms with Crippen LogP contribution in [0.15, 0.2) is 48.5 Å². The Morgan fingerprint density at radius 2 is 1.79 bits per heavy atom. The fourth-order valence-corrected chi connectivity index (χ4v) is 2.86. The van der Waals surface area contributed by atoms with E-state index < -0.39 is 0 Å². The van der Waals surface area contributed by atoms with Crippen LogP contribution in [0.25, 0.3) is 0 Å². The summed E-state index contributed by atoms with van der Waals surface area (Å²) >= 11 is 0. The molecule has 0 fully saturated rings. The Kier molecular flexibility index (Phi) is 7.13. The van der Waals surface area contributed by atoms with Gasteiger partial charge in [-0.05, 0) is 63.4 Å². The van der Waals surface area contributed by atoms with E-state index in [2.05, 4.69) is 55.1 Å². The summed E-state index contributed by atoms with van der Waals surface area (Å²) in [6, 6.07) is 17.4. The number of hydrogen-bond acceptors (Lipinski definition) is 3. The highest BCUT2D eigenvalue weighted by atomic mass is 16.5. The average Bonchev–Trinajstić information content (AvgIpc) is 2.57. The van der Waals surface area contributed by atoms with Crippen LogP contribution < -0.4 is 10.5 Å². The second-order valence-electron chi connectivity index (χ2n) is 6.46. The number of anilines is 1. The molecule has 0 spiro atoms. The van der Waals surface area contributed by atoms with Gasteiger partial charge in [0.2, 0.25) is 0 Å². The fourth-order valence-electron chi connectivity index (χ4n) is 2.86. The molecule has 0 atom stereocenters. The molecule has 0 radical (unpaired) electrons. The summed E-state index contributed by atoms with van der Waals surface area (Å²) in [5.74, 6) is 0.786. The zero-order valence-corrected chi connectivity index (χ0v) is 15.2. The topological polar surface area (TPSA) is 38.5 Å². The minimum atomic E-state index is 0.538. The van der Waals surface area contributed by atoms with Crippen LogP contribution >= 0.6 is 0 Å². The van der Waals surface area contributed by atoms with Crippen LogP contribution in [0.5, 0.6) is 5.75 Å². The van der Waals surface area contributed by atoms with Crippen LogP contribution in [0, 0.1) is 0 Å². The van der Waals surface area contributed by atoms with Gasteiger partial charge >= 0.3 is 0 Å². The van der Waals surface area contributed by atoms with Gasteiger partial charge in [-0.1, -0.05) is 36.4 Å². The molecule has 0 bridgehead atoms. The fraction of sp³-hybridized carbons (Fsp3) is 0.429. The molecule has 0 saturated carbocycles. The molecule has 0 aliphatic carbocycles. The van der Waals surface area contributed by atoms with Crippen LogP contribution in [-0.4, -0.2) is 24.1 Å². The van der Waals surface area contributed by atoms with E-state index in [1.54, 1.807) is 0 Å². The number of nitrogen functional groups attached to an aromatic ring is 1. The molecule has 3 heteroatoms. The maximum absolute atomic E-state index is 6.05. The Balaban J connectivity index is 1.87. The van der Waals surface area contributed by atoms with E-state index in [1.807, 2.05) is 19.1 Å². The highest BCUT2D eigenvalue weighted by Gasteiger charge is 2.10. The Hall–Kier alpha value is -2.00. The van der Waals surface area contributed by atoms with Crippen LogP contribution in [0.3, 0.4) is 0 Å². The van der Waals surface area contributed by atoms with Gasteiger partial charge in [-0.3, -0.25) is 4.90 Å². The molecular formula is C21H30N2O. The Morgan fingerprint density at radius 3 is 2.42 bits per heavy atom. The lowest BCUT2D eigenvalue weighted by Crippen LogP contribution is -2.31. The van der Waals surface area contributed by atoms with Crippen LogP contribution in [0.2, 0.25) is 0 Å². The molecule has 0 heterocycles. The molecule has 2 N–H and O–H groups in total. The third-order valence-corrected chi connectivity index (χ3v) is 4.24. The van der Waals surface area contributed by atoms with Crippen molar-refractivity contribution in [2.45, 2.75) is 46.2 Å². The summed E-state index contributed by atoms with van der Waals surface area (Å²) in [6.07, 6.45) is 2.16. The SMILES string of the molecule is CCOc1ccc(CCCN(Cc2ccccc2)C(C)C)cc1N. The lowest BCUT2D eigenvalue weighted by Gasteiger charge is -2.26. The van der Waals surface area contributed by atoms with E-state index in [4.69, 9.17) is 10.5 Å². The summed E-state index contributed by atoms with van der Waals surface area (Å²) in [5.41, 5.74) is 9.44. The number of hydrogen-bond donors (Lipinski definition) is 1. The Labute approximate surface area is 146 Å². The van der Waals surface area contributed by atoms with E-state index >= 15 is 0 Å². The summed E-state index contributed by atoms with van der Waals surface area (Å²) < 4.78 is 5.50. The summed E-state index contributed by atoms with van der Waals surface area (Å²) in [7, 11) is 0. The van der Waals surface area contributed by atoms with Crippen molar-refractivity contribution in [3.8, 4) is 5.75 Å². The summed E-state index contributed by atoms with van der Waals surface area (Å²) in [4.78, 5) is 2.52. The minimum Gasteiger partial charge on any atom is -0.492 e. The third-order valence-electron chi connectivity index (χ3n) is 4.24. The number of aryl methyl sites for hydroxylation is 1. The van der Waals surface area contributed by atoms with Crippen molar-refractivity contribution in [3.05, 3.63) is 59.7 Å². The average molecular weight is 326 g/mol. The lowest BCUT2D eigenvalue weighted by molar-refractivity contribution is 0.210. The van der Waals surface area contributed by atoms with Gasteiger partial charge in [-0.15, -0.1) is 0 Å². The molecule has 0 saturated heterocycles. The second-order valence-corrected chi connectivity index (χ2v) is 6.46. The zero-order chi connectivity index (χ0) is 17.4. The molecular weight excluding hydrogens is 296 g/mol. The van der Waals surface area contributed by atoms with Crippen LogP contribution in [-0.2, 0) is 13.0 Å². The monoisotopic (exact) mass is 326 g/mol. The van der Waals surface area contributed by atoms with Crippen molar-refractivity contribution in [3.63, 3.8) is 0 Å². The first-order valence-corrected chi connectivity index (χ1v) is 8.89. The van der Waals surface area contributed by atoms with Crippen molar-refractivity contribution in [2.24, 2.45) is 0 Å². The molecule has 2 aromatic rings. The van der Waals surface area contributed by atoms with Gasteiger partial charge in [0.15, 0.2) is 0 Å². The van der Waals surface area contributed by atoms with Gasteiger partial charge in [0.05, 0.1) is 12.3 Å². The molecule has 2 rings (SSSR count). The van der Waals surface area contributed by atoms with Gasteiger partial charge in [0.25, 0.3) is 0 Å². The van der Waals surface area contributed by atoms with Crippen LogP contribution in [0.1, 0.15) is 38.3 Å². The molecule has 0 aromatic heterocycles. The molecule has 0 aliphatic heterocycles. The standard InChI is InChI=1S/C21H30N2O/c1-4-24-21-13-12-18(15-20(21)22)11-8-14-23(17(2)3)16-19-9-6-5-7-10-19/h5-7,9-10,12-13,15,17H,4,8,11,14,16,22H2,1-3H3. The number of ether oxygens (including phenoxy) is 1. The minimum absolute atomic E-state index is 0.538. The first kappa shape index (κ1) is 18.3. The predicted octanol–water partition coefficient (Wildman–Crippen LogP) is 4.51. The highest BCUT2D eigenvalue weighted by molar-refractivity contribution is 5.54. The highest BCUT2D eigenvalue weighted by Crippen LogP contribution is 2.23. The van der Waals surface area contributed by atoms with E-state index in [0.717, 1.165) is 37.4 Å². The Morgan fingerprint density at radius 1 is 1.04 bits per heavy atom. The first-order valence-electron chi connectivity index (χ1n) is 8.89. The molecule has 3 nitrogen and oxygen atoms in total. The number of rotatable bonds is 9. The molecule has 130 valence electrons. The van der Waals surface area contributed by atoms with E-state index in [1.165, 1.54) is 11.1 Å². The first-order chi connectivity index (χ1) is 11.6. The zero-order valence-electron chi connectivity index (χ0n) is 15.2. The molecule has 2 aromatic carbocycles. The summed E-state index contributed by atoms with van der Waals surface area (Å²) in [6.45, 7) is 9.23. The lowest BCUT2D eigenvalue weighted by atomic mass is 10.1. The quantitative estimate of drug-likeness (QED) is 0.689. The second kappa shape index (κ2) is 9.33. The predicted molar refractivity (Wildman–Crippen MR) is 102 cm³/mol. The largest absolute Gasteiger partial charge is 0.492 e. The van der Waals surface area contributed by atoms with Crippen molar-refractivity contribution in [2.75, 3.05) is 18.9 Å². The maximum Gasteiger partial charge on any atom is 0.142 e. The van der Waals surface area contributed by atoms with Gasteiger partial charge in [-0.25, -0.2) is 0 Å². The normalized spacial score (nSPS) is 11.2. The van der Waals surface area contributed by atoms with E-state index in [0.29, 0.717) is 12.6 Å². The van der Waals surface area contributed by atoms with Gasteiger partial charge < -0.3 is 10.5 Å². The number of benzene rings is 2. The van der Waals surface area contributed by atoms with Gasteiger partial charge in [0, 0.05) is 12.6 Å². The molecule has 0 unspecified atom stereocenters. The molecule has 0 aliphatic rings. The van der Waals surface area contributed by atoms with Crippen molar-refractivity contribution in [1.82, 2.24) is 4.90 Å². The number of nitrogens with zero attached hydrogens (tertiary/aromatic N) is 1.